The highest BCUT2D eigenvalue weighted by Gasteiger charge is 2.38. The number of hydrogen-bond donors (Lipinski definition) is 2. The van der Waals surface area contributed by atoms with Gasteiger partial charge in [-0.3, -0.25) is 0 Å². The summed E-state index contributed by atoms with van der Waals surface area (Å²) in [7, 11) is 0. The first kappa shape index (κ1) is 22.7. The molecule has 4 atom stereocenters. The molecular weight excluding hydrogens is 478 g/mol. The first-order chi connectivity index (χ1) is 17.0. The molecule has 3 fully saturated rings. The first-order valence-electron chi connectivity index (χ1n) is 11.9. The van der Waals surface area contributed by atoms with Crippen molar-refractivity contribution in [3.8, 4) is 11.5 Å². The number of fused-ring (bicyclic) bond motifs is 2. The lowest BCUT2D eigenvalue weighted by Gasteiger charge is -2.21. The maximum Gasteiger partial charge on any atom is 0.168 e. The number of nitrogens with one attached hydrogen (secondary N) is 2. The first-order valence-corrected chi connectivity index (χ1v) is 12.2. The van der Waals surface area contributed by atoms with Crippen molar-refractivity contribution in [2.24, 2.45) is 11.8 Å². The molecule has 6 rings (SSSR count). The van der Waals surface area contributed by atoms with Crippen molar-refractivity contribution in [2.45, 2.75) is 31.5 Å². The van der Waals surface area contributed by atoms with Crippen LogP contribution in [-0.4, -0.2) is 48.5 Å². The van der Waals surface area contributed by atoms with Gasteiger partial charge in [-0.05, 0) is 56.0 Å². The molecule has 1 aliphatic carbocycles. The standard InChI is InChI=1S/C25H25ClF2N4O3/c26-23-18(27)1-2-19(24(23)28)32-25-17-7-21(35-16-5-13-9-29-10-14(13)6-16)22(8-20(17)30-12-31-25)34-15-3-4-33-11-15/h1-2,7-8,12-16,29H,3-6,9-11H2,(H,30,31,32)/t13-,14+,15-,16+/m0/s1. The summed E-state index contributed by atoms with van der Waals surface area (Å²) in [4.78, 5) is 8.68. The van der Waals surface area contributed by atoms with E-state index >= 15 is 0 Å². The van der Waals surface area contributed by atoms with E-state index in [1.807, 2.05) is 12.1 Å². The second kappa shape index (κ2) is 9.37. The topological polar surface area (TPSA) is 77.5 Å². The Morgan fingerprint density at radius 3 is 2.57 bits per heavy atom. The number of benzene rings is 2. The van der Waals surface area contributed by atoms with Crippen molar-refractivity contribution in [1.29, 1.82) is 0 Å². The minimum absolute atomic E-state index is 0.0124. The summed E-state index contributed by atoms with van der Waals surface area (Å²) in [5.41, 5.74) is 0.614. The van der Waals surface area contributed by atoms with Crippen LogP contribution >= 0.6 is 11.6 Å². The number of halogens is 3. The molecule has 35 heavy (non-hydrogen) atoms. The summed E-state index contributed by atoms with van der Waals surface area (Å²) < 4.78 is 46.4. The molecule has 1 aromatic heterocycles. The van der Waals surface area contributed by atoms with E-state index in [0.29, 0.717) is 53.3 Å². The van der Waals surface area contributed by atoms with Crippen molar-refractivity contribution in [3.05, 3.63) is 47.2 Å². The number of anilines is 2. The van der Waals surface area contributed by atoms with Gasteiger partial charge in [0, 0.05) is 17.9 Å². The Kier molecular flexibility index (Phi) is 6.07. The van der Waals surface area contributed by atoms with Crippen molar-refractivity contribution in [1.82, 2.24) is 15.3 Å². The fourth-order valence-electron chi connectivity index (χ4n) is 5.27. The summed E-state index contributed by atoms with van der Waals surface area (Å²) in [6.07, 6.45) is 4.17. The van der Waals surface area contributed by atoms with Gasteiger partial charge in [-0.25, -0.2) is 18.7 Å². The zero-order valence-electron chi connectivity index (χ0n) is 18.9. The van der Waals surface area contributed by atoms with Gasteiger partial charge in [-0.15, -0.1) is 0 Å². The average Bonchev–Trinajstić information content (AvgIpc) is 3.59. The van der Waals surface area contributed by atoms with E-state index in [-0.39, 0.29) is 17.9 Å². The molecule has 0 spiro atoms. The van der Waals surface area contributed by atoms with E-state index in [0.717, 1.165) is 38.4 Å². The van der Waals surface area contributed by atoms with E-state index in [4.69, 9.17) is 25.8 Å². The van der Waals surface area contributed by atoms with Crippen LogP contribution in [0.3, 0.4) is 0 Å². The molecule has 10 heteroatoms. The second-order valence-electron chi connectivity index (χ2n) is 9.38. The van der Waals surface area contributed by atoms with Gasteiger partial charge in [0.15, 0.2) is 17.3 Å². The maximum atomic E-state index is 14.6. The van der Waals surface area contributed by atoms with Gasteiger partial charge in [-0.1, -0.05) is 11.6 Å². The summed E-state index contributed by atoms with van der Waals surface area (Å²) in [5.74, 6) is 1.08. The Hall–Kier alpha value is -2.75. The number of aromatic nitrogens is 2. The zero-order valence-corrected chi connectivity index (χ0v) is 19.7. The monoisotopic (exact) mass is 502 g/mol. The Bertz CT molecular complexity index is 1250. The molecule has 7 nitrogen and oxygen atoms in total. The molecule has 2 saturated heterocycles. The molecule has 1 saturated carbocycles. The molecule has 2 N–H and O–H groups in total. The third-order valence-electron chi connectivity index (χ3n) is 7.08. The molecule has 0 unspecified atom stereocenters. The number of rotatable bonds is 6. The molecule has 3 aromatic rings. The normalized spacial score (nSPS) is 25.7. The second-order valence-corrected chi connectivity index (χ2v) is 9.76. The minimum Gasteiger partial charge on any atom is -0.486 e. The number of hydrogen-bond acceptors (Lipinski definition) is 7. The van der Waals surface area contributed by atoms with Gasteiger partial charge in [0.05, 0.1) is 30.5 Å². The third kappa shape index (κ3) is 4.48. The van der Waals surface area contributed by atoms with Crippen LogP contribution < -0.4 is 20.1 Å². The SMILES string of the molecule is Fc1ccc(Nc2ncnc3cc(O[C@H]4CCOC4)c(O[C@@H]4C[C@H]5CNC[C@H]5C4)cc23)c(F)c1Cl. The molecule has 3 aliphatic rings. The highest BCUT2D eigenvalue weighted by molar-refractivity contribution is 6.31. The van der Waals surface area contributed by atoms with Crippen LogP contribution in [0.2, 0.25) is 5.02 Å². The lowest BCUT2D eigenvalue weighted by Crippen LogP contribution is -2.20. The van der Waals surface area contributed by atoms with E-state index in [1.165, 1.54) is 12.4 Å². The Labute approximate surface area is 206 Å². The van der Waals surface area contributed by atoms with Crippen LogP contribution in [0.15, 0.2) is 30.6 Å². The van der Waals surface area contributed by atoms with Gasteiger partial charge in [-0.2, -0.15) is 0 Å². The van der Waals surface area contributed by atoms with Crippen molar-refractivity contribution in [2.75, 3.05) is 31.6 Å². The van der Waals surface area contributed by atoms with Gasteiger partial charge in [0.25, 0.3) is 0 Å². The Morgan fingerprint density at radius 2 is 1.80 bits per heavy atom. The zero-order chi connectivity index (χ0) is 23.9. The Morgan fingerprint density at radius 1 is 1.03 bits per heavy atom. The van der Waals surface area contributed by atoms with Crippen LogP contribution in [0.4, 0.5) is 20.3 Å². The maximum absolute atomic E-state index is 14.6. The van der Waals surface area contributed by atoms with E-state index < -0.39 is 16.7 Å². The quantitative estimate of drug-likeness (QED) is 0.466. The molecule has 0 bridgehead atoms. The van der Waals surface area contributed by atoms with Crippen LogP contribution in [0.25, 0.3) is 10.9 Å². The summed E-state index contributed by atoms with van der Waals surface area (Å²) in [6, 6.07) is 6.04. The van der Waals surface area contributed by atoms with E-state index in [2.05, 4.69) is 20.6 Å². The van der Waals surface area contributed by atoms with Crippen LogP contribution in [-0.2, 0) is 4.74 Å². The van der Waals surface area contributed by atoms with Gasteiger partial charge >= 0.3 is 0 Å². The highest BCUT2D eigenvalue weighted by Crippen LogP contribution is 2.41. The lowest BCUT2D eigenvalue weighted by atomic mass is 10.0. The molecule has 0 radical (unpaired) electrons. The van der Waals surface area contributed by atoms with Gasteiger partial charge in [0.2, 0.25) is 0 Å². The smallest absolute Gasteiger partial charge is 0.168 e. The molecule has 2 aromatic carbocycles. The fourth-order valence-corrected chi connectivity index (χ4v) is 5.43. The molecule has 2 aliphatic heterocycles. The van der Waals surface area contributed by atoms with Crippen LogP contribution in [0.1, 0.15) is 19.3 Å². The minimum atomic E-state index is -0.887. The lowest BCUT2D eigenvalue weighted by molar-refractivity contribution is 0.132. The van der Waals surface area contributed by atoms with Crippen molar-refractivity contribution >= 4 is 34.0 Å². The average molecular weight is 503 g/mol. The largest absolute Gasteiger partial charge is 0.486 e. The van der Waals surface area contributed by atoms with Crippen molar-refractivity contribution < 1.29 is 23.0 Å². The predicted octanol–water partition coefficient (Wildman–Crippen LogP) is 4.85. The summed E-state index contributed by atoms with van der Waals surface area (Å²) in [6.45, 7) is 3.24. The third-order valence-corrected chi connectivity index (χ3v) is 7.42. The summed E-state index contributed by atoms with van der Waals surface area (Å²) in [5, 5.41) is 6.43. The number of ether oxygens (including phenoxy) is 3. The van der Waals surface area contributed by atoms with Gasteiger partial charge in [0.1, 0.15) is 29.1 Å². The summed E-state index contributed by atoms with van der Waals surface area (Å²) >= 11 is 5.76. The molecular formula is C25H25ClF2N4O3. The number of nitrogens with zero attached hydrogens (tertiary/aromatic N) is 2. The van der Waals surface area contributed by atoms with E-state index in [9.17, 15) is 8.78 Å². The molecule has 3 heterocycles. The van der Waals surface area contributed by atoms with Crippen LogP contribution in [0, 0.1) is 23.5 Å². The van der Waals surface area contributed by atoms with Crippen molar-refractivity contribution in [3.63, 3.8) is 0 Å². The fraction of sp³-hybridized carbons (Fsp3) is 0.440. The van der Waals surface area contributed by atoms with Gasteiger partial charge < -0.3 is 24.8 Å². The van der Waals surface area contributed by atoms with Crippen LogP contribution in [0.5, 0.6) is 11.5 Å². The Balaban J connectivity index is 1.35. The van der Waals surface area contributed by atoms with E-state index in [1.54, 1.807) is 0 Å². The molecule has 0 amide bonds. The molecule has 184 valence electrons. The highest BCUT2D eigenvalue weighted by atomic mass is 35.5. The predicted molar refractivity (Wildman–Crippen MR) is 128 cm³/mol.